The van der Waals surface area contributed by atoms with Gasteiger partial charge in [0.1, 0.15) is 0 Å². The first-order chi connectivity index (χ1) is 9.29. The molecule has 106 valence electrons. The lowest BCUT2D eigenvalue weighted by molar-refractivity contribution is 0.0472. The maximum absolute atomic E-state index is 5.95. The maximum atomic E-state index is 5.95. The van der Waals surface area contributed by atoms with Crippen LogP contribution in [0.2, 0.25) is 0 Å². The Balaban J connectivity index is 1.97. The number of aryl methyl sites for hydroxylation is 1. The molecule has 2 rings (SSSR count). The molecule has 0 saturated carbocycles. The van der Waals surface area contributed by atoms with Crippen LogP contribution in [0.15, 0.2) is 24.3 Å². The summed E-state index contributed by atoms with van der Waals surface area (Å²) in [5, 5.41) is 3.66. The monoisotopic (exact) mass is 279 g/mol. The van der Waals surface area contributed by atoms with E-state index < -0.39 is 0 Å². The van der Waals surface area contributed by atoms with Gasteiger partial charge in [-0.05, 0) is 31.9 Å². The fourth-order valence-corrected chi connectivity index (χ4v) is 3.32. The number of rotatable bonds is 6. The molecule has 2 nitrogen and oxygen atoms in total. The minimum Gasteiger partial charge on any atom is -0.375 e. The molecule has 1 N–H and O–H groups in total. The molecule has 3 heteroatoms. The van der Waals surface area contributed by atoms with Crippen molar-refractivity contribution in [2.45, 2.75) is 38.8 Å². The average molecular weight is 279 g/mol. The van der Waals surface area contributed by atoms with Gasteiger partial charge in [-0.2, -0.15) is 11.8 Å². The lowest BCUT2D eigenvalue weighted by atomic mass is 10.0. The molecule has 2 unspecified atom stereocenters. The Morgan fingerprint density at radius 1 is 1.37 bits per heavy atom. The van der Waals surface area contributed by atoms with Crippen molar-refractivity contribution in [1.82, 2.24) is 5.32 Å². The van der Waals surface area contributed by atoms with Crippen LogP contribution in [0.4, 0.5) is 0 Å². The highest BCUT2D eigenvalue weighted by atomic mass is 32.2. The zero-order valence-electron chi connectivity index (χ0n) is 12.0. The van der Waals surface area contributed by atoms with Gasteiger partial charge in [0, 0.05) is 17.5 Å². The number of thioether (sulfide) groups is 1. The molecule has 0 spiro atoms. The van der Waals surface area contributed by atoms with Crippen molar-refractivity contribution >= 4 is 11.8 Å². The van der Waals surface area contributed by atoms with E-state index in [4.69, 9.17) is 4.74 Å². The molecule has 1 aliphatic heterocycles. The summed E-state index contributed by atoms with van der Waals surface area (Å²) in [7, 11) is 0. The van der Waals surface area contributed by atoms with Crippen LogP contribution in [0.3, 0.4) is 0 Å². The summed E-state index contributed by atoms with van der Waals surface area (Å²) >= 11 is 2.01. The van der Waals surface area contributed by atoms with E-state index in [1.807, 2.05) is 11.8 Å². The van der Waals surface area contributed by atoms with Gasteiger partial charge in [0.2, 0.25) is 0 Å². The molecule has 0 radical (unpaired) electrons. The molecule has 1 aliphatic rings. The molecule has 19 heavy (non-hydrogen) atoms. The van der Waals surface area contributed by atoms with Crippen molar-refractivity contribution < 1.29 is 4.74 Å². The summed E-state index contributed by atoms with van der Waals surface area (Å²) in [4.78, 5) is 0. The molecular weight excluding hydrogens is 254 g/mol. The summed E-state index contributed by atoms with van der Waals surface area (Å²) in [6.45, 7) is 6.32. The van der Waals surface area contributed by atoms with Crippen LogP contribution in [0, 0.1) is 6.92 Å². The molecule has 1 aromatic carbocycles. The first-order valence-corrected chi connectivity index (χ1v) is 8.43. The number of ether oxygens (including phenoxy) is 1. The zero-order chi connectivity index (χ0) is 13.5. The van der Waals surface area contributed by atoms with Gasteiger partial charge in [-0.1, -0.05) is 36.8 Å². The second kappa shape index (κ2) is 7.93. The Hall–Kier alpha value is -0.510. The van der Waals surface area contributed by atoms with Gasteiger partial charge in [0.05, 0.1) is 12.7 Å². The van der Waals surface area contributed by atoms with Crippen molar-refractivity contribution in [3.63, 3.8) is 0 Å². The van der Waals surface area contributed by atoms with Gasteiger partial charge in [-0.25, -0.2) is 0 Å². The first-order valence-electron chi connectivity index (χ1n) is 7.28. The molecular formula is C16H25NOS. The standard InChI is InChI=1S/C16H25NOS/c1-3-8-17-15(16-12-19-10-9-18-16)11-14-6-4-13(2)5-7-14/h4-7,15-17H,3,8-12H2,1-2H3. The molecule has 1 saturated heterocycles. The van der Waals surface area contributed by atoms with Crippen LogP contribution < -0.4 is 5.32 Å². The van der Waals surface area contributed by atoms with E-state index in [0.29, 0.717) is 12.1 Å². The molecule has 0 bridgehead atoms. The molecule has 1 fully saturated rings. The summed E-state index contributed by atoms with van der Waals surface area (Å²) in [5.74, 6) is 2.26. The third-order valence-electron chi connectivity index (χ3n) is 3.52. The lowest BCUT2D eigenvalue weighted by Crippen LogP contribution is -2.46. The lowest BCUT2D eigenvalue weighted by Gasteiger charge is -2.31. The SMILES string of the molecule is CCCNC(Cc1ccc(C)cc1)C1CSCCO1. The second-order valence-electron chi connectivity index (χ2n) is 5.23. The zero-order valence-corrected chi connectivity index (χ0v) is 12.8. The van der Waals surface area contributed by atoms with Gasteiger partial charge in [0.15, 0.2) is 0 Å². The van der Waals surface area contributed by atoms with Crippen molar-refractivity contribution in [2.24, 2.45) is 0 Å². The first kappa shape index (κ1) is 14.9. The Bertz CT molecular complexity index is 360. The van der Waals surface area contributed by atoms with E-state index >= 15 is 0 Å². The van der Waals surface area contributed by atoms with E-state index in [1.54, 1.807) is 0 Å². The van der Waals surface area contributed by atoms with Crippen LogP contribution in [-0.4, -0.2) is 36.8 Å². The highest BCUT2D eigenvalue weighted by Gasteiger charge is 2.24. The van der Waals surface area contributed by atoms with E-state index in [1.165, 1.54) is 17.5 Å². The predicted molar refractivity (Wildman–Crippen MR) is 84.0 cm³/mol. The number of hydrogen-bond acceptors (Lipinski definition) is 3. The van der Waals surface area contributed by atoms with Gasteiger partial charge < -0.3 is 10.1 Å². The van der Waals surface area contributed by atoms with E-state index in [9.17, 15) is 0 Å². The number of hydrogen-bond donors (Lipinski definition) is 1. The molecule has 2 atom stereocenters. The Kier molecular flexibility index (Phi) is 6.21. The van der Waals surface area contributed by atoms with Crippen molar-refractivity contribution in [3.05, 3.63) is 35.4 Å². The van der Waals surface area contributed by atoms with Crippen LogP contribution in [-0.2, 0) is 11.2 Å². The molecule has 1 aromatic rings. The summed E-state index contributed by atoms with van der Waals surface area (Å²) < 4.78 is 5.95. The van der Waals surface area contributed by atoms with Gasteiger partial charge in [-0.3, -0.25) is 0 Å². The fourth-order valence-electron chi connectivity index (χ4n) is 2.38. The van der Waals surface area contributed by atoms with E-state index in [2.05, 4.69) is 43.4 Å². The largest absolute Gasteiger partial charge is 0.375 e. The van der Waals surface area contributed by atoms with Gasteiger partial charge in [-0.15, -0.1) is 0 Å². The van der Waals surface area contributed by atoms with Crippen LogP contribution in [0.1, 0.15) is 24.5 Å². The minimum absolute atomic E-state index is 0.353. The van der Waals surface area contributed by atoms with Crippen molar-refractivity contribution in [3.8, 4) is 0 Å². The number of nitrogens with one attached hydrogen (secondary N) is 1. The average Bonchev–Trinajstić information content (AvgIpc) is 2.46. The van der Waals surface area contributed by atoms with Crippen LogP contribution >= 0.6 is 11.8 Å². The summed E-state index contributed by atoms with van der Waals surface area (Å²) in [6, 6.07) is 9.32. The highest BCUT2D eigenvalue weighted by molar-refractivity contribution is 7.99. The van der Waals surface area contributed by atoms with E-state index in [-0.39, 0.29) is 0 Å². The summed E-state index contributed by atoms with van der Waals surface area (Å²) in [5.41, 5.74) is 2.73. The summed E-state index contributed by atoms with van der Waals surface area (Å²) in [6.07, 6.45) is 2.59. The van der Waals surface area contributed by atoms with Gasteiger partial charge in [0.25, 0.3) is 0 Å². The third-order valence-corrected chi connectivity index (χ3v) is 4.54. The van der Waals surface area contributed by atoms with Crippen LogP contribution in [0.5, 0.6) is 0 Å². The maximum Gasteiger partial charge on any atom is 0.0821 e. The molecule has 0 amide bonds. The molecule has 0 aromatic heterocycles. The fraction of sp³-hybridized carbons (Fsp3) is 0.625. The predicted octanol–water partition coefficient (Wildman–Crippen LogP) is 3.04. The van der Waals surface area contributed by atoms with Crippen LogP contribution in [0.25, 0.3) is 0 Å². The van der Waals surface area contributed by atoms with Crippen molar-refractivity contribution in [1.29, 1.82) is 0 Å². The quantitative estimate of drug-likeness (QED) is 0.865. The van der Waals surface area contributed by atoms with Crippen molar-refractivity contribution in [2.75, 3.05) is 24.7 Å². The Labute approximate surface area is 121 Å². The Morgan fingerprint density at radius 2 is 2.16 bits per heavy atom. The molecule has 1 heterocycles. The third kappa shape index (κ3) is 4.83. The molecule has 0 aliphatic carbocycles. The highest BCUT2D eigenvalue weighted by Crippen LogP contribution is 2.18. The Morgan fingerprint density at radius 3 is 2.79 bits per heavy atom. The topological polar surface area (TPSA) is 21.3 Å². The minimum atomic E-state index is 0.353. The number of benzene rings is 1. The normalized spacial score (nSPS) is 21.3. The second-order valence-corrected chi connectivity index (χ2v) is 6.38. The van der Waals surface area contributed by atoms with Gasteiger partial charge >= 0.3 is 0 Å². The van der Waals surface area contributed by atoms with E-state index in [0.717, 1.165) is 31.1 Å². The smallest absolute Gasteiger partial charge is 0.0821 e.